The van der Waals surface area contributed by atoms with E-state index in [0.29, 0.717) is 23.8 Å². The summed E-state index contributed by atoms with van der Waals surface area (Å²) in [5, 5.41) is 6.56. The highest BCUT2D eigenvalue weighted by Gasteiger charge is 2.04. The Kier molecular flexibility index (Phi) is 5.04. The highest BCUT2D eigenvalue weighted by Crippen LogP contribution is 2.18. The first-order valence-corrected chi connectivity index (χ1v) is 8.12. The number of nitrogens with zero attached hydrogens (tertiary/aromatic N) is 2. The number of hydrogen-bond acceptors (Lipinski definition) is 5. The third-order valence-electron chi connectivity index (χ3n) is 3.72. The van der Waals surface area contributed by atoms with Crippen LogP contribution in [0.15, 0.2) is 60.7 Å². The summed E-state index contributed by atoms with van der Waals surface area (Å²) in [6.45, 7) is 4.11. The second-order valence-electron chi connectivity index (χ2n) is 5.78. The Hall–Kier alpha value is -3.21. The van der Waals surface area contributed by atoms with Gasteiger partial charge < -0.3 is 10.6 Å². The molecule has 1 aromatic heterocycles. The van der Waals surface area contributed by atoms with Gasteiger partial charge in [0.2, 0.25) is 0 Å². The van der Waals surface area contributed by atoms with Crippen LogP contribution in [-0.2, 0) is 6.54 Å². The first-order chi connectivity index (χ1) is 12.1. The van der Waals surface area contributed by atoms with Crippen LogP contribution in [0.25, 0.3) is 0 Å². The Morgan fingerprint density at radius 1 is 0.960 bits per heavy atom. The lowest BCUT2D eigenvalue weighted by Crippen LogP contribution is -2.05. The van der Waals surface area contributed by atoms with Crippen LogP contribution in [0.5, 0.6) is 0 Å². The SMILES string of the molecule is CC(=O)c1ccc(Nc2cc(NCc3ccccc3)nc(C)n2)cc1. The van der Waals surface area contributed by atoms with E-state index in [1.165, 1.54) is 5.56 Å². The zero-order valence-electron chi connectivity index (χ0n) is 14.3. The summed E-state index contributed by atoms with van der Waals surface area (Å²) in [6.07, 6.45) is 0. The number of carbonyl (C=O) groups excluding carboxylic acids is 1. The van der Waals surface area contributed by atoms with E-state index in [-0.39, 0.29) is 5.78 Å². The van der Waals surface area contributed by atoms with Crippen molar-refractivity contribution in [1.29, 1.82) is 0 Å². The molecule has 3 aromatic rings. The molecule has 5 nitrogen and oxygen atoms in total. The Labute approximate surface area is 147 Å². The van der Waals surface area contributed by atoms with E-state index in [0.717, 1.165) is 11.5 Å². The zero-order chi connectivity index (χ0) is 17.6. The molecular formula is C20H20N4O. The number of benzene rings is 2. The van der Waals surface area contributed by atoms with Gasteiger partial charge in [-0.1, -0.05) is 30.3 Å². The van der Waals surface area contributed by atoms with Crippen LogP contribution in [0.3, 0.4) is 0 Å². The summed E-state index contributed by atoms with van der Waals surface area (Å²) < 4.78 is 0. The monoisotopic (exact) mass is 332 g/mol. The summed E-state index contributed by atoms with van der Waals surface area (Å²) in [5.41, 5.74) is 2.75. The summed E-state index contributed by atoms with van der Waals surface area (Å²) in [7, 11) is 0. The van der Waals surface area contributed by atoms with Gasteiger partial charge in [0.25, 0.3) is 0 Å². The maximum absolute atomic E-state index is 11.3. The predicted molar refractivity (Wildman–Crippen MR) is 100 cm³/mol. The fourth-order valence-electron chi connectivity index (χ4n) is 2.45. The topological polar surface area (TPSA) is 66.9 Å². The Morgan fingerprint density at radius 3 is 2.32 bits per heavy atom. The standard InChI is InChI=1S/C20H20N4O/c1-14(25)17-8-10-18(11-9-17)24-20-12-19(22-15(2)23-20)21-13-16-6-4-3-5-7-16/h3-12H,13H2,1-2H3,(H2,21,22,23,24). The largest absolute Gasteiger partial charge is 0.366 e. The molecule has 0 aliphatic heterocycles. The average Bonchev–Trinajstić information content (AvgIpc) is 2.61. The molecule has 25 heavy (non-hydrogen) atoms. The minimum Gasteiger partial charge on any atom is -0.366 e. The van der Waals surface area contributed by atoms with Crippen molar-refractivity contribution in [2.75, 3.05) is 10.6 Å². The molecule has 0 aliphatic rings. The van der Waals surface area contributed by atoms with Crippen LogP contribution >= 0.6 is 0 Å². The number of nitrogens with one attached hydrogen (secondary N) is 2. The lowest BCUT2D eigenvalue weighted by molar-refractivity contribution is 0.101. The molecule has 3 rings (SSSR count). The number of anilines is 3. The van der Waals surface area contributed by atoms with Gasteiger partial charge in [-0.2, -0.15) is 0 Å². The predicted octanol–water partition coefficient (Wildman–Crippen LogP) is 4.34. The second-order valence-corrected chi connectivity index (χ2v) is 5.78. The van der Waals surface area contributed by atoms with Gasteiger partial charge in [0.05, 0.1) is 0 Å². The Bertz CT molecular complexity index is 861. The number of carbonyl (C=O) groups is 1. The summed E-state index contributed by atoms with van der Waals surface area (Å²) in [5.74, 6) is 2.20. The molecule has 2 N–H and O–H groups in total. The van der Waals surface area contributed by atoms with Crippen LogP contribution in [0.1, 0.15) is 28.7 Å². The summed E-state index contributed by atoms with van der Waals surface area (Å²) in [6, 6.07) is 19.4. The van der Waals surface area contributed by atoms with Crippen molar-refractivity contribution >= 4 is 23.1 Å². The quantitative estimate of drug-likeness (QED) is 0.657. The van der Waals surface area contributed by atoms with E-state index in [1.54, 1.807) is 19.1 Å². The van der Waals surface area contributed by atoms with Crippen molar-refractivity contribution in [3.8, 4) is 0 Å². The van der Waals surface area contributed by atoms with Gasteiger partial charge in [0.15, 0.2) is 5.78 Å². The van der Waals surface area contributed by atoms with E-state index in [2.05, 4.69) is 32.7 Å². The van der Waals surface area contributed by atoms with Gasteiger partial charge >= 0.3 is 0 Å². The van der Waals surface area contributed by atoms with Crippen molar-refractivity contribution in [2.45, 2.75) is 20.4 Å². The fourth-order valence-corrected chi connectivity index (χ4v) is 2.45. The number of aryl methyl sites for hydroxylation is 1. The van der Waals surface area contributed by atoms with Gasteiger partial charge in [0.1, 0.15) is 17.5 Å². The van der Waals surface area contributed by atoms with Crippen LogP contribution in [0, 0.1) is 6.92 Å². The van der Waals surface area contributed by atoms with Crippen LogP contribution < -0.4 is 10.6 Å². The first kappa shape index (κ1) is 16.6. The lowest BCUT2D eigenvalue weighted by atomic mass is 10.1. The molecular weight excluding hydrogens is 312 g/mol. The molecule has 0 aliphatic carbocycles. The van der Waals surface area contributed by atoms with E-state index in [4.69, 9.17) is 0 Å². The molecule has 0 unspecified atom stereocenters. The first-order valence-electron chi connectivity index (χ1n) is 8.12. The van der Waals surface area contributed by atoms with Crippen molar-refractivity contribution < 1.29 is 4.79 Å². The van der Waals surface area contributed by atoms with Gasteiger partial charge in [-0.25, -0.2) is 9.97 Å². The molecule has 0 radical (unpaired) electrons. The van der Waals surface area contributed by atoms with Crippen LogP contribution in [-0.4, -0.2) is 15.8 Å². The van der Waals surface area contributed by atoms with E-state index >= 15 is 0 Å². The van der Waals surface area contributed by atoms with Gasteiger partial charge in [0, 0.05) is 23.9 Å². The van der Waals surface area contributed by atoms with Gasteiger partial charge in [-0.3, -0.25) is 4.79 Å². The molecule has 5 heteroatoms. The molecule has 0 bridgehead atoms. The molecule has 2 aromatic carbocycles. The second kappa shape index (κ2) is 7.57. The number of ketones is 1. The molecule has 0 fully saturated rings. The van der Waals surface area contributed by atoms with Gasteiger partial charge in [-0.15, -0.1) is 0 Å². The molecule has 0 atom stereocenters. The van der Waals surface area contributed by atoms with E-state index in [1.807, 2.05) is 43.3 Å². The van der Waals surface area contributed by atoms with Crippen LogP contribution in [0.2, 0.25) is 0 Å². The van der Waals surface area contributed by atoms with E-state index < -0.39 is 0 Å². The average molecular weight is 332 g/mol. The number of rotatable bonds is 6. The highest BCUT2D eigenvalue weighted by atomic mass is 16.1. The number of hydrogen-bond donors (Lipinski definition) is 2. The highest BCUT2D eigenvalue weighted by molar-refractivity contribution is 5.94. The van der Waals surface area contributed by atoms with Gasteiger partial charge in [-0.05, 0) is 43.7 Å². The van der Waals surface area contributed by atoms with Crippen molar-refractivity contribution in [3.05, 3.63) is 77.6 Å². The molecule has 0 saturated heterocycles. The number of Topliss-reactive ketones (excluding diaryl/α,β-unsaturated/α-hetero) is 1. The zero-order valence-corrected chi connectivity index (χ0v) is 14.3. The van der Waals surface area contributed by atoms with Crippen LogP contribution in [0.4, 0.5) is 17.3 Å². The third kappa shape index (κ3) is 4.64. The summed E-state index contributed by atoms with van der Waals surface area (Å²) in [4.78, 5) is 20.2. The Balaban J connectivity index is 1.71. The molecule has 126 valence electrons. The minimum absolute atomic E-state index is 0.0526. The normalized spacial score (nSPS) is 10.3. The van der Waals surface area contributed by atoms with Crippen molar-refractivity contribution in [1.82, 2.24) is 9.97 Å². The molecule has 1 heterocycles. The smallest absolute Gasteiger partial charge is 0.159 e. The fraction of sp³-hybridized carbons (Fsp3) is 0.150. The van der Waals surface area contributed by atoms with Crippen molar-refractivity contribution in [3.63, 3.8) is 0 Å². The van der Waals surface area contributed by atoms with Crippen molar-refractivity contribution in [2.24, 2.45) is 0 Å². The molecule has 0 saturated carbocycles. The maximum Gasteiger partial charge on any atom is 0.159 e. The third-order valence-corrected chi connectivity index (χ3v) is 3.72. The minimum atomic E-state index is 0.0526. The summed E-state index contributed by atoms with van der Waals surface area (Å²) >= 11 is 0. The van der Waals surface area contributed by atoms with E-state index in [9.17, 15) is 4.79 Å². The maximum atomic E-state index is 11.3. The molecule has 0 spiro atoms. The molecule has 0 amide bonds. The lowest BCUT2D eigenvalue weighted by Gasteiger charge is -2.10. The number of aromatic nitrogens is 2. The Morgan fingerprint density at radius 2 is 1.64 bits per heavy atom.